The average Bonchev–Trinajstić information content (AvgIpc) is 2.14. The summed E-state index contributed by atoms with van der Waals surface area (Å²) in [6, 6.07) is 0. The van der Waals surface area contributed by atoms with Crippen molar-refractivity contribution in [1.82, 2.24) is 0 Å². The highest BCUT2D eigenvalue weighted by atomic mass is 16.5. The fraction of sp³-hybridized carbons (Fsp3) is 0.300. The lowest BCUT2D eigenvalue weighted by molar-refractivity contribution is -0.135. The Morgan fingerprint density at radius 2 is 1.71 bits per heavy atom. The largest absolute Gasteiger partial charge is 0.466 e. The molecular weight excluding hydrogens is 184 g/mol. The van der Waals surface area contributed by atoms with Crippen LogP contribution in [-0.2, 0) is 19.1 Å². The molecule has 0 rings (SSSR count). The van der Waals surface area contributed by atoms with Gasteiger partial charge in [0, 0.05) is 11.6 Å². The molecule has 0 spiro atoms. The summed E-state index contributed by atoms with van der Waals surface area (Å²) in [5.74, 6) is -1.58. The molecule has 0 aromatic heterocycles. The number of hydrogen-bond donors (Lipinski definition) is 0. The topological polar surface area (TPSA) is 60.4 Å². The van der Waals surface area contributed by atoms with Crippen molar-refractivity contribution in [3.8, 4) is 0 Å². The first-order valence-corrected chi connectivity index (χ1v) is 3.91. The van der Waals surface area contributed by atoms with E-state index in [0.29, 0.717) is 0 Å². The molecule has 76 valence electrons. The number of esters is 1. The summed E-state index contributed by atoms with van der Waals surface area (Å²) in [5.41, 5.74) is -0.000275. The van der Waals surface area contributed by atoms with Crippen molar-refractivity contribution in [2.75, 3.05) is 7.11 Å². The van der Waals surface area contributed by atoms with Gasteiger partial charge in [0.1, 0.15) is 0 Å². The summed E-state index contributed by atoms with van der Waals surface area (Å²) >= 11 is 0. The second-order valence-electron chi connectivity index (χ2n) is 2.71. The highest BCUT2D eigenvalue weighted by molar-refractivity contribution is 6.25. The first-order chi connectivity index (χ1) is 6.40. The van der Waals surface area contributed by atoms with Gasteiger partial charge in [0.15, 0.2) is 11.6 Å². The summed E-state index contributed by atoms with van der Waals surface area (Å²) in [7, 11) is 1.20. The maximum Gasteiger partial charge on any atom is 0.330 e. The summed E-state index contributed by atoms with van der Waals surface area (Å²) in [4.78, 5) is 32.9. The molecule has 0 fully saturated rings. The summed E-state index contributed by atoms with van der Waals surface area (Å²) in [6.45, 7) is 5.98. The van der Waals surface area contributed by atoms with Gasteiger partial charge in [0.25, 0.3) is 0 Å². The third kappa shape index (κ3) is 3.35. The molecule has 0 N–H and O–H groups in total. The zero-order chi connectivity index (χ0) is 11.3. The summed E-state index contributed by atoms with van der Waals surface area (Å²) < 4.78 is 4.33. The lowest BCUT2D eigenvalue weighted by atomic mass is 10.0. The molecule has 0 aliphatic heterocycles. The van der Waals surface area contributed by atoms with Gasteiger partial charge in [-0.15, -0.1) is 0 Å². The second-order valence-corrected chi connectivity index (χ2v) is 2.71. The first kappa shape index (κ1) is 12.3. The molecule has 0 heterocycles. The molecule has 4 nitrogen and oxygen atoms in total. The number of carbonyl (C=O) groups is 3. The quantitative estimate of drug-likeness (QED) is 0.289. The minimum Gasteiger partial charge on any atom is -0.466 e. The lowest BCUT2D eigenvalue weighted by Crippen LogP contribution is -2.11. The molecule has 0 saturated carbocycles. The molecular formula is C10H12O4. The van der Waals surface area contributed by atoms with E-state index in [2.05, 4.69) is 11.3 Å². The normalized spacial score (nSPS) is 10.6. The van der Waals surface area contributed by atoms with Gasteiger partial charge in [-0.3, -0.25) is 9.59 Å². The van der Waals surface area contributed by atoms with Gasteiger partial charge in [-0.05, 0) is 13.8 Å². The Bertz CT molecular complexity index is 323. The Morgan fingerprint density at radius 1 is 1.21 bits per heavy atom. The maximum absolute atomic E-state index is 11.3. The fourth-order valence-electron chi connectivity index (χ4n) is 0.699. The number of ether oxygens (including phenoxy) is 1. The van der Waals surface area contributed by atoms with Gasteiger partial charge in [0.05, 0.1) is 12.7 Å². The Labute approximate surface area is 82.2 Å². The molecule has 14 heavy (non-hydrogen) atoms. The van der Waals surface area contributed by atoms with Crippen LogP contribution in [0.1, 0.15) is 13.8 Å². The zero-order valence-corrected chi connectivity index (χ0v) is 8.42. The van der Waals surface area contributed by atoms with Crippen LogP contribution in [0.15, 0.2) is 23.8 Å². The van der Waals surface area contributed by atoms with Crippen LogP contribution in [0, 0.1) is 0 Å². The number of methoxy groups -OCH3 is 1. The summed E-state index contributed by atoms with van der Waals surface area (Å²) in [6.07, 6.45) is 1.02. The predicted octanol–water partition coefficient (Wildman–Crippen LogP) is 0.820. The van der Waals surface area contributed by atoms with E-state index < -0.39 is 17.5 Å². The number of carbonyl (C=O) groups excluding carboxylic acids is 3. The molecule has 0 aromatic carbocycles. The van der Waals surface area contributed by atoms with E-state index in [9.17, 15) is 14.4 Å². The van der Waals surface area contributed by atoms with Crippen LogP contribution in [0.3, 0.4) is 0 Å². The smallest absolute Gasteiger partial charge is 0.330 e. The SMILES string of the molecule is C=C(C(C)=O)C(=O)/C(C)=C/C(=O)OC. The van der Waals surface area contributed by atoms with Crippen LogP contribution in [0.5, 0.6) is 0 Å². The van der Waals surface area contributed by atoms with Gasteiger partial charge in [-0.1, -0.05) is 6.58 Å². The van der Waals surface area contributed by atoms with E-state index in [1.807, 2.05) is 0 Å². The Morgan fingerprint density at radius 3 is 2.07 bits per heavy atom. The van der Waals surface area contributed by atoms with Crippen molar-refractivity contribution >= 4 is 17.5 Å². The number of allylic oxidation sites excluding steroid dienone is 2. The van der Waals surface area contributed by atoms with E-state index in [4.69, 9.17) is 0 Å². The Hall–Kier alpha value is -1.71. The monoisotopic (exact) mass is 196 g/mol. The zero-order valence-electron chi connectivity index (χ0n) is 8.42. The molecule has 0 aliphatic carbocycles. The van der Waals surface area contributed by atoms with Crippen LogP contribution in [0.25, 0.3) is 0 Å². The molecule has 0 radical (unpaired) electrons. The highest BCUT2D eigenvalue weighted by Gasteiger charge is 2.14. The molecule has 4 heteroatoms. The van der Waals surface area contributed by atoms with Crippen molar-refractivity contribution in [2.45, 2.75) is 13.8 Å². The maximum atomic E-state index is 11.3. The van der Waals surface area contributed by atoms with Crippen LogP contribution < -0.4 is 0 Å². The van der Waals surface area contributed by atoms with Gasteiger partial charge in [-0.25, -0.2) is 4.79 Å². The van der Waals surface area contributed by atoms with Crippen molar-refractivity contribution in [2.24, 2.45) is 0 Å². The van der Waals surface area contributed by atoms with E-state index in [1.54, 1.807) is 0 Å². The van der Waals surface area contributed by atoms with Gasteiger partial charge >= 0.3 is 5.97 Å². The number of rotatable bonds is 4. The van der Waals surface area contributed by atoms with Crippen molar-refractivity contribution < 1.29 is 19.1 Å². The van der Waals surface area contributed by atoms with Gasteiger partial charge in [-0.2, -0.15) is 0 Å². The molecule has 0 bridgehead atoms. The van der Waals surface area contributed by atoms with Crippen LogP contribution >= 0.6 is 0 Å². The van der Waals surface area contributed by atoms with Gasteiger partial charge in [0.2, 0.25) is 0 Å². The molecule has 0 saturated heterocycles. The third-order valence-corrected chi connectivity index (χ3v) is 1.59. The van der Waals surface area contributed by atoms with Crippen LogP contribution in [0.2, 0.25) is 0 Å². The number of ketones is 2. The van der Waals surface area contributed by atoms with Crippen molar-refractivity contribution in [3.63, 3.8) is 0 Å². The fourth-order valence-corrected chi connectivity index (χ4v) is 0.699. The highest BCUT2D eigenvalue weighted by Crippen LogP contribution is 2.04. The van der Waals surface area contributed by atoms with Crippen LogP contribution in [-0.4, -0.2) is 24.6 Å². The summed E-state index contributed by atoms with van der Waals surface area (Å²) in [5, 5.41) is 0. The molecule has 0 aromatic rings. The van der Waals surface area contributed by atoms with Crippen molar-refractivity contribution in [3.05, 3.63) is 23.8 Å². The molecule has 0 aliphatic rings. The van der Waals surface area contributed by atoms with Crippen molar-refractivity contribution in [1.29, 1.82) is 0 Å². The molecule has 0 atom stereocenters. The molecule has 0 amide bonds. The number of Topliss-reactive ketones (excluding diaryl/α,β-unsaturated/α-hetero) is 2. The van der Waals surface area contributed by atoms with E-state index in [-0.39, 0.29) is 11.1 Å². The minimum absolute atomic E-state index is 0.136. The predicted molar refractivity (Wildman–Crippen MR) is 50.6 cm³/mol. The number of hydrogen-bond acceptors (Lipinski definition) is 4. The third-order valence-electron chi connectivity index (χ3n) is 1.59. The first-order valence-electron chi connectivity index (χ1n) is 3.91. The standard InChI is InChI=1S/C10H12O4/c1-6(5-9(12)14-4)10(13)7(2)8(3)11/h5H,2H2,1,3-4H3/b6-5+. The second kappa shape index (κ2) is 5.11. The van der Waals surface area contributed by atoms with E-state index in [1.165, 1.54) is 21.0 Å². The average molecular weight is 196 g/mol. The van der Waals surface area contributed by atoms with Crippen LogP contribution in [0.4, 0.5) is 0 Å². The lowest BCUT2D eigenvalue weighted by Gasteiger charge is -2.00. The minimum atomic E-state index is -0.632. The Balaban J connectivity index is 4.71. The Kier molecular flexibility index (Phi) is 4.49. The van der Waals surface area contributed by atoms with E-state index in [0.717, 1.165) is 6.08 Å². The van der Waals surface area contributed by atoms with Gasteiger partial charge < -0.3 is 4.74 Å². The molecule has 0 unspecified atom stereocenters. The van der Waals surface area contributed by atoms with E-state index >= 15 is 0 Å².